The normalized spacial score (nSPS) is 19.1. The van der Waals surface area contributed by atoms with Crippen LogP contribution in [-0.2, 0) is 9.59 Å². The van der Waals surface area contributed by atoms with Crippen LogP contribution in [0.2, 0.25) is 0 Å². The molecule has 6 nitrogen and oxygen atoms in total. The summed E-state index contributed by atoms with van der Waals surface area (Å²) in [5.41, 5.74) is 1.35. The van der Waals surface area contributed by atoms with Crippen LogP contribution in [0.1, 0.15) is 36.8 Å². The van der Waals surface area contributed by atoms with Crippen molar-refractivity contribution in [1.29, 1.82) is 0 Å². The fourth-order valence-electron chi connectivity index (χ4n) is 3.45. The standard InChI is InChI=1S/C21H19NO5/c1-2-16(14-9-6-10-15(11-14)22(26)27)19(21(24)25)20(23)18-12-17(18)13-7-4-3-5-8-13/h3-11,17-18H,2,12H2,1H3,(H,24,25). The van der Waals surface area contributed by atoms with Gasteiger partial charge in [-0.15, -0.1) is 0 Å². The lowest BCUT2D eigenvalue weighted by atomic mass is 9.92. The number of Topliss-reactive ketones (excluding diaryl/α,β-unsaturated/α-hetero) is 1. The van der Waals surface area contributed by atoms with Gasteiger partial charge in [-0.3, -0.25) is 14.9 Å². The molecule has 1 saturated carbocycles. The van der Waals surface area contributed by atoms with Gasteiger partial charge in [0.25, 0.3) is 5.69 Å². The second-order valence-electron chi connectivity index (χ2n) is 6.54. The highest BCUT2D eigenvalue weighted by atomic mass is 16.6. The summed E-state index contributed by atoms with van der Waals surface area (Å²) >= 11 is 0. The van der Waals surface area contributed by atoms with Crippen LogP contribution < -0.4 is 0 Å². The first-order valence-electron chi connectivity index (χ1n) is 8.74. The zero-order valence-electron chi connectivity index (χ0n) is 14.8. The Morgan fingerprint density at radius 2 is 1.85 bits per heavy atom. The molecule has 2 atom stereocenters. The van der Waals surface area contributed by atoms with Crippen LogP contribution in [0.5, 0.6) is 0 Å². The summed E-state index contributed by atoms with van der Waals surface area (Å²) in [5.74, 6) is -2.03. The molecule has 2 unspecified atom stereocenters. The first kappa shape index (κ1) is 18.5. The molecular weight excluding hydrogens is 346 g/mol. The van der Waals surface area contributed by atoms with Crippen molar-refractivity contribution in [3.8, 4) is 0 Å². The van der Waals surface area contributed by atoms with Crippen molar-refractivity contribution >= 4 is 23.0 Å². The van der Waals surface area contributed by atoms with Gasteiger partial charge in [-0.1, -0.05) is 49.4 Å². The lowest BCUT2D eigenvalue weighted by Crippen LogP contribution is -2.17. The second-order valence-corrected chi connectivity index (χ2v) is 6.54. The maximum Gasteiger partial charge on any atom is 0.339 e. The number of carboxylic acid groups (broad SMARTS) is 1. The molecule has 0 saturated heterocycles. The number of rotatable bonds is 7. The van der Waals surface area contributed by atoms with E-state index in [2.05, 4.69) is 0 Å². The molecule has 1 aliphatic carbocycles. The molecule has 2 aromatic carbocycles. The molecule has 2 aromatic rings. The lowest BCUT2D eigenvalue weighted by Gasteiger charge is -2.11. The van der Waals surface area contributed by atoms with Crippen molar-refractivity contribution in [2.24, 2.45) is 5.92 Å². The average molecular weight is 365 g/mol. The largest absolute Gasteiger partial charge is 0.478 e. The van der Waals surface area contributed by atoms with E-state index >= 15 is 0 Å². The number of non-ortho nitro benzene ring substituents is 1. The molecule has 0 radical (unpaired) electrons. The number of allylic oxidation sites excluding steroid dienone is 1. The highest BCUT2D eigenvalue weighted by molar-refractivity contribution is 6.23. The van der Waals surface area contributed by atoms with Crippen LogP contribution in [0, 0.1) is 16.0 Å². The number of nitrogens with zero attached hydrogens (tertiary/aromatic N) is 1. The predicted molar refractivity (Wildman–Crippen MR) is 100 cm³/mol. The highest BCUT2D eigenvalue weighted by Crippen LogP contribution is 2.49. The zero-order valence-corrected chi connectivity index (χ0v) is 14.8. The smallest absolute Gasteiger partial charge is 0.339 e. The minimum Gasteiger partial charge on any atom is -0.478 e. The fourth-order valence-corrected chi connectivity index (χ4v) is 3.45. The molecule has 1 aliphatic rings. The molecule has 0 amide bonds. The first-order chi connectivity index (χ1) is 12.9. The minimum absolute atomic E-state index is 0.0243. The Hall–Kier alpha value is -3.28. The molecular formula is C21H19NO5. The number of carboxylic acids is 1. The average Bonchev–Trinajstić information content (AvgIpc) is 3.47. The number of aliphatic carboxylic acids is 1. The summed E-state index contributed by atoms with van der Waals surface area (Å²) in [6, 6.07) is 15.3. The van der Waals surface area contributed by atoms with E-state index < -0.39 is 16.7 Å². The van der Waals surface area contributed by atoms with E-state index in [9.17, 15) is 24.8 Å². The maximum absolute atomic E-state index is 13.0. The van der Waals surface area contributed by atoms with Gasteiger partial charge in [-0.2, -0.15) is 0 Å². The summed E-state index contributed by atoms with van der Waals surface area (Å²) in [5, 5.41) is 20.7. The van der Waals surface area contributed by atoms with Gasteiger partial charge in [0, 0.05) is 18.1 Å². The van der Waals surface area contributed by atoms with E-state index in [-0.39, 0.29) is 29.5 Å². The van der Waals surface area contributed by atoms with Crippen molar-refractivity contribution in [2.75, 3.05) is 0 Å². The molecule has 0 aliphatic heterocycles. The fraction of sp³-hybridized carbons (Fsp3) is 0.238. The number of hydrogen-bond acceptors (Lipinski definition) is 4. The van der Waals surface area contributed by atoms with E-state index in [1.165, 1.54) is 18.2 Å². The van der Waals surface area contributed by atoms with E-state index in [0.717, 1.165) is 5.56 Å². The van der Waals surface area contributed by atoms with Crippen molar-refractivity contribution in [2.45, 2.75) is 25.7 Å². The summed E-state index contributed by atoms with van der Waals surface area (Å²) in [7, 11) is 0. The van der Waals surface area contributed by atoms with Gasteiger partial charge in [-0.25, -0.2) is 4.79 Å². The Kier molecular flexibility index (Phi) is 5.16. The molecule has 27 heavy (non-hydrogen) atoms. The van der Waals surface area contributed by atoms with Gasteiger partial charge in [0.2, 0.25) is 0 Å². The number of nitro benzene ring substituents is 1. The minimum atomic E-state index is -1.29. The zero-order chi connectivity index (χ0) is 19.6. The molecule has 1 fully saturated rings. The number of hydrogen-bond donors (Lipinski definition) is 1. The number of carbonyl (C=O) groups excluding carboxylic acids is 1. The van der Waals surface area contributed by atoms with Crippen LogP contribution in [0.25, 0.3) is 5.57 Å². The Labute approximate surface area is 156 Å². The molecule has 0 aromatic heterocycles. The third-order valence-corrected chi connectivity index (χ3v) is 4.88. The molecule has 138 valence electrons. The van der Waals surface area contributed by atoms with Crippen LogP contribution in [-0.4, -0.2) is 21.8 Å². The number of nitro groups is 1. The van der Waals surface area contributed by atoms with Crippen molar-refractivity contribution in [3.63, 3.8) is 0 Å². The number of carbonyl (C=O) groups is 2. The highest BCUT2D eigenvalue weighted by Gasteiger charge is 2.46. The van der Waals surface area contributed by atoms with Crippen molar-refractivity contribution in [3.05, 3.63) is 81.4 Å². The van der Waals surface area contributed by atoms with E-state index in [0.29, 0.717) is 17.6 Å². The Balaban J connectivity index is 1.98. The molecule has 3 rings (SSSR count). The summed E-state index contributed by atoms with van der Waals surface area (Å²) < 4.78 is 0. The molecule has 0 heterocycles. The Bertz CT molecular complexity index is 933. The quantitative estimate of drug-likeness (QED) is 0.260. The van der Waals surface area contributed by atoms with Crippen LogP contribution in [0.4, 0.5) is 5.69 Å². The van der Waals surface area contributed by atoms with Crippen LogP contribution >= 0.6 is 0 Å². The van der Waals surface area contributed by atoms with Crippen molar-refractivity contribution < 1.29 is 19.6 Å². The maximum atomic E-state index is 13.0. The van der Waals surface area contributed by atoms with Crippen LogP contribution in [0.3, 0.4) is 0 Å². The van der Waals surface area contributed by atoms with Gasteiger partial charge in [0.15, 0.2) is 5.78 Å². The van der Waals surface area contributed by atoms with Gasteiger partial charge in [0.05, 0.1) is 4.92 Å². The summed E-state index contributed by atoms with van der Waals surface area (Å²) in [6.45, 7) is 1.74. The Morgan fingerprint density at radius 3 is 2.44 bits per heavy atom. The monoisotopic (exact) mass is 365 g/mol. The lowest BCUT2D eigenvalue weighted by molar-refractivity contribution is -0.384. The van der Waals surface area contributed by atoms with Gasteiger partial charge in [-0.05, 0) is 35.5 Å². The molecule has 6 heteroatoms. The summed E-state index contributed by atoms with van der Waals surface area (Å²) in [4.78, 5) is 35.3. The SMILES string of the molecule is CCC(=C(C(=O)O)C(=O)C1CC1c1ccccc1)c1cccc([N+](=O)[O-])c1. The molecule has 1 N–H and O–H groups in total. The molecule has 0 bridgehead atoms. The number of ketones is 1. The predicted octanol–water partition coefficient (Wildman–Crippen LogP) is 4.22. The summed E-state index contributed by atoms with van der Waals surface area (Å²) in [6.07, 6.45) is 0.906. The van der Waals surface area contributed by atoms with E-state index in [1.807, 2.05) is 30.3 Å². The third kappa shape index (κ3) is 3.79. The Morgan fingerprint density at radius 1 is 1.15 bits per heavy atom. The third-order valence-electron chi connectivity index (χ3n) is 4.88. The first-order valence-corrected chi connectivity index (χ1v) is 8.74. The van der Waals surface area contributed by atoms with Crippen LogP contribution in [0.15, 0.2) is 60.2 Å². The molecule has 0 spiro atoms. The van der Waals surface area contributed by atoms with Crippen molar-refractivity contribution in [1.82, 2.24) is 0 Å². The topological polar surface area (TPSA) is 97.5 Å². The van der Waals surface area contributed by atoms with Gasteiger partial charge < -0.3 is 5.11 Å². The van der Waals surface area contributed by atoms with Gasteiger partial charge >= 0.3 is 5.97 Å². The van der Waals surface area contributed by atoms with E-state index in [1.54, 1.807) is 13.0 Å². The second kappa shape index (κ2) is 7.53. The number of benzene rings is 2. The van der Waals surface area contributed by atoms with Gasteiger partial charge in [0.1, 0.15) is 5.57 Å². The van der Waals surface area contributed by atoms with E-state index in [4.69, 9.17) is 0 Å².